The van der Waals surface area contributed by atoms with Crippen LogP contribution in [0.25, 0.3) is 0 Å². The van der Waals surface area contributed by atoms with Crippen LogP contribution < -0.4 is 20.7 Å². The fourth-order valence-corrected chi connectivity index (χ4v) is 3.63. The minimum Gasteiger partial charge on any atom is -0.483 e. The molecular formula is C17H27N3O. The van der Waals surface area contributed by atoms with Crippen molar-refractivity contribution in [3.8, 4) is 5.75 Å². The van der Waals surface area contributed by atoms with E-state index in [0.29, 0.717) is 6.04 Å². The van der Waals surface area contributed by atoms with Gasteiger partial charge in [-0.1, -0.05) is 19.9 Å². The zero-order valence-electron chi connectivity index (χ0n) is 13.2. The fourth-order valence-electron chi connectivity index (χ4n) is 3.63. The summed E-state index contributed by atoms with van der Waals surface area (Å²) in [7, 11) is 0. The Morgan fingerprint density at radius 1 is 1.29 bits per heavy atom. The van der Waals surface area contributed by atoms with Crippen LogP contribution in [0, 0.1) is 0 Å². The number of ether oxygens (including phenoxy) is 1. The maximum atomic E-state index is 6.38. The van der Waals surface area contributed by atoms with Crippen LogP contribution in [0.4, 0.5) is 11.4 Å². The molecule has 0 spiro atoms. The van der Waals surface area contributed by atoms with Crippen molar-refractivity contribution >= 4 is 11.4 Å². The number of fused-ring (bicyclic) bond motifs is 1. The summed E-state index contributed by atoms with van der Waals surface area (Å²) in [5.41, 5.74) is 8.15. The Bertz CT molecular complexity index is 493. The number of nitrogens with zero attached hydrogens (tertiary/aromatic N) is 1. The number of para-hydroxylation sites is 1. The molecule has 21 heavy (non-hydrogen) atoms. The number of anilines is 2. The van der Waals surface area contributed by atoms with Crippen LogP contribution in [-0.2, 0) is 0 Å². The van der Waals surface area contributed by atoms with Crippen molar-refractivity contribution < 1.29 is 4.74 Å². The maximum absolute atomic E-state index is 6.38. The van der Waals surface area contributed by atoms with Gasteiger partial charge in [-0.3, -0.25) is 0 Å². The monoisotopic (exact) mass is 289 g/mol. The lowest BCUT2D eigenvalue weighted by Crippen LogP contribution is -2.55. The highest BCUT2D eigenvalue weighted by Gasteiger charge is 2.40. The Balaban J connectivity index is 2.00. The van der Waals surface area contributed by atoms with Gasteiger partial charge >= 0.3 is 0 Å². The van der Waals surface area contributed by atoms with Gasteiger partial charge in [0.1, 0.15) is 17.0 Å². The van der Waals surface area contributed by atoms with E-state index in [0.717, 1.165) is 49.6 Å². The average molecular weight is 289 g/mol. The lowest BCUT2D eigenvalue weighted by molar-refractivity contribution is 0.0539. The first kappa shape index (κ1) is 14.5. The number of hydrogen-bond donors (Lipinski definition) is 2. The normalized spacial score (nSPS) is 21.7. The number of nitrogen functional groups attached to an aromatic ring is 1. The summed E-state index contributed by atoms with van der Waals surface area (Å²) < 4.78 is 6.38. The van der Waals surface area contributed by atoms with Gasteiger partial charge in [0.25, 0.3) is 0 Å². The first-order chi connectivity index (χ1) is 10.2. The summed E-state index contributed by atoms with van der Waals surface area (Å²) in [4.78, 5) is 2.53. The fraction of sp³-hybridized carbons (Fsp3) is 0.647. The molecule has 1 saturated heterocycles. The van der Waals surface area contributed by atoms with Crippen molar-refractivity contribution in [2.45, 2.75) is 51.2 Å². The topological polar surface area (TPSA) is 50.5 Å². The third-order valence-corrected chi connectivity index (χ3v) is 5.14. The lowest BCUT2D eigenvalue weighted by Gasteiger charge is -2.48. The molecular weight excluding hydrogens is 262 g/mol. The summed E-state index contributed by atoms with van der Waals surface area (Å²) >= 11 is 0. The largest absolute Gasteiger partial charge is 0.483 e. The van der Waals surface area contributed by atoms with Gasteiger partial charge in [-0.2, -0.15) is 0 Å². The van der Waals surface area contributed by atoms with E-state index in [1.54, 1.807) is 0 Å². The van der Waals surface area contributed by atoms with Crippen molar-refractivity contribution in [3.05, 3.63) is 18.2 Å². The second kappa shape index (κ2) is 5.76. The van der Waals surface area contributed by atoms with Crippen molar-refractivity contribution in [2.24, 2.45) is 0 Å². The molecule has 2 heterocycles. The van der Waals surface area contributed by atoms with E-state index in [2.05, 4.69) is 30.1 Å². The minimum absolute atomic E-state index is 0.0777. The summed E-state index contributed by atoms with van der Waals surface area (Å²) in [6.07, 6.45) is 4.41. The van der Waals surface area contributed by atoms with Gasteiger partial charge in [0.2, 0.25) is 0 Å². The number of benzene rings is 1. The SMILES string of the molecule is CCC1(CC)CN(C2CCNCC2)c2c(N)cccc2O1. The zero-order chi connectivity index (χ0) is 14.9. The van der Waals surface area contributed by atoms with Crippen LogP contribution in [0.1, 0.15) is 39.5 Å². The minimum atomic E-state index is -0.0777. The van der Waals surface area contributed by atoms with Crippen molar-refractivity contribution in [3.63, 3.8) is 0 Å². The van der Waals surface area contributed by atoms with E-state index < -0.39 is 0 Å². The van der Waals surface area contributed by atoms with E-state index in [-0.39, 0.29) is 5.60 Å². The van der Waals surface area contributed by atoms with Crippen LogP contribution in [0.5, 0.6) is 5.75 Å². The molecule has 3 N–H and O–H groups in total. The number of hydrogen-bond acceptors (Lipinski definition) is 4. The Kier molecular flexibility index (Phi) is 3.98. The van der Waals surface area contributed by atoms with Crippen LogP contribution >= 0.6 is 0 Å². The van der Waals surface area contributed by atoms with Crippen molar-refractivity contribution in [1.82, 2.24) is 5.32 Å². The Labute approximate surface area is 127 Å². The number of nitrogens with two attached hydrogens (primary N) is 1. The van der Waals surface area contributed by atoms with Crippen molar-refractivity contribution in [1.29, 1.82) is 0 Å². The summed E-state index contributed by atoms with van der Waals surface area (Å²) in [5, 5.41) is 3.45. The van der Waals surface area contributed by atoms with Crippen LogP contribution in [-0.4, -0.2) is 31.3 Å². The predicted octanol–water partition coefficient (Wildman–Crippen LogP) is 2.78. The van der Waals surface area contributed by atoms with Gasteiger partial charge in [0.15, 0.2) is 0 Å². The molecule has 2 aliphatic heterocycles. The molecule has 0 bridgehead atoms. The highest BCUT2D eigenvalue weighted by Crippen LogP contribution is 2.44. The molecule has 116 valence electrons. The number of rotatable bonds is 3. The molecule has 0 amide bonds. The van der Waals surface area contributed by atoms with E-state index >= 15 is 0 Å². The van der Waals surface area contributed by atoms with Gasteiger partial charge in [-0.25, -0.2) is 0 Å². The smallest absolute Gasteiger partial charge is 0.145 e. The molecule has 1 aromatic carbocycles. The van der Waals surface area contributed by atoms with E-state index in [9.17, 15) is 0 Å². The highest BCUT2D eigenvalue weighted by atomic mass is 16.5. The van der Waals surface area contributed by atoms with E-state index in [1.807, 2.05) is 12.1 Å². The second-order valence-corrected chi connectivity index (χ2v) is 6.30. The molecule has 4 nitrogen and oxygen atoms in total. The second-order valence-electron chi connectivity index (χ2n) is 6.30. The average Bonchev–Trinajstić information content (AvgIpc) is 2.55. The molecule has 1 aromatic rings. The Hall–Kier alpha value is -1.42. The van der Waals surface area contributed by atoms with Crippen molar-refractivity contribution in [2.75, 3.05) is 30.3 Å². The molecule has 0 radical (unpaired) electrons. The van der Waals surface area contributed by atoms with Gasteiger partial charge < -0.3 is 20.7 Å². The number of piperidine rings is 1. The molecule has 4 heteroatoms. The quantitative estimate of drug-likeness (QED) is 0.840. The molecule has 0 aromatic heterocycles. The summed E-state index contributed by atoms with van der Waals surface area (Å²) in [5.74, 6) is 0.962. The molecule has 1 fully saturated rings. The zero-order valence-corrected chi connectivity index (χ0v) is 13.2. The third kappa shape index (κ3) is 2.57. The molecule has 0 unspecified atom stereocenters. The summed E-state index contributed by atoms with van der Waals surface area (Å²) in [6.45, 7) is 7.58. The van der Waals surface area contributed by atoms with Gasteiger partial charge in [0, 0.05) is 6.04 Å². The molecule has 0 saturated carbocycles. The molecule has 0 atom stereocenters. The predicted molar refractivity (Wildman–Crippen MR) is 88.0 cm³/mol. The van der Waals surface area contributed by atoms with Crippen LogP contribution in [0.2, 0.25) is 0 Å². The third-order valence-electron chi connectivity index (χ3n) is 5.14. The van der Waals surface area contributed by atoms with E-state index in [1.165, 1.54) is 12.8 Å². The maximum Gasteiger partial charge on any atom is 0.145 e. The first-order valence-electron chi connectivity index (χ1n) is 8.24. The van der Waals surface area contributed by atoms with Gasteiger partial charge in [-0.05, 0) is 50.9 Å². The molecule has 2 aliphatic rings. The Morgan fingerprint density at radius 3 is 2.67 bits per heavy atom. The summed E-state index contributed by atoms with van der Waals surface area (Å²) in [6, 6.07) is 6.62. The standard InChI is InChI=1S/C17H27N3O/c1-3-17(4-2)12-20(13-8-10-19-11-9-13)16-14(18)6-5-7-15(16)21-17/h5-7,13,19H,3-4,8-12,18H2,1-2H3. The van der Waals surface area contributed by atoms with Crippen LogP contribution in [0.3, 0.4) is 0 Å². The van der Waals surface area contributed by atoms with Gasteiger partial charge in [-0.15, -0.1) is 0 Å². The lowest BCUT2D eigenvalue weighted by atomic mass is 9.91. The first-order valence-corrected chi connectivity index (χ1v) is 8.24. The number of nitrogens with one attached hydrogen (secondary N) is 1. The molecule has 0 aliphatic carbocycles. The highest BCUT2D eigenvalue weighted by molar-refractivity contribution is 5.76. The molecule has 3 rings (SSSR count). The van der Waals surface area contributed by atoms with Crippen LogP contribution in [0.15, 0.2) is 18.2 Å². The van der Waals surface area contributed by atoms with Gasteiger partial charge in [0.05, 0.1) is 12.2 Å². The Morgan fingerprint density at radius 2 is 2.00 bits per heavy atom. The van der Waals surface area contributed by atoms with E-state index in [4.69, 9.17) is 10.5 Å².